The van der Waals surface area contributed by atoms with E-state index in [9.17, 15) is 0 Å². The standard InChI is InChI=1S/C43H38N3/c1-41(2,3)31-21-23-33-39-37(31)35-19-11-13-25-44(35)46(39)40-34(24-22-32(42(4,5)6)38(40)36-20-12-14-26-45(36)46)43(33)29-17-9-7-15-27(29)28-16-8-10-18-30(28)43/h7-26H,1-6H3/q+3. The second kappa shape index (κ2) is 8.10. The minimum Gasteiger partial charge on any atom is -0.0619 e. The van der Waals surface area contributed by atoms with Gasteiger partial charge in [0.2, 0.25) is 12.4 Å². The molecule has 2 aromatic heterocycles. The Balaban J connectivity index is 1.54. The van der Waals surface area contributed by atoms with Gasteiger partial charge in [-0.25, -0.2) is 0 Å². The van der Waals surface area contributed by atoms with Crippen LogP contribution in [-0.2, 0) is 16.2 Å². The summed E-state index contributed by atoms with van der Waals surface area (Å²) in [6.07, 6.45) is 4.62. The lowest BCUT2D eigenvalue weighted by atomic mass is 9.62. The number of quaternary nitrogens is 1. The van der Waals surface area contributed by atoms with Crippen molar-refractivity contribution in [3.05, 3.63) is 155 Å². The molecule has 0 saturated heterocycles. The van der Waals surface area contributed by atoms with Gasteiger partial charge in [0.05, 0.1) is 14.8 Å². The van der Waals surface area contributed by atoms with Crippen LogP contribution in [0.25, 0.3) is 33.6 Å². The molecule has 1 aliphatic carbocycles. The topological polar surface area (TPSA) is 7.76 Å². The number of hydrogen-bond acceptors (Lipinski definition) is 0. The monoisotopic (exact) mass is 596 g/mol. The summed E-state index contributed by atoms with van der Waals surface area (Å²) in [4.78, 5) is 0. The molecule has 46 heavy (non-hydrogen) atoms. The number of aromatic nitrogens is 2. The third kappa shape index (κ3) is 2.70. The molecule has 0 bridgehead atoms. The van der Waals surface area contributed by atoms with Gasteiger partial charge in [-0.05, 0) is 56.3 Å². The molecule has 4 aromatic carbocycles. The molecule has 10 rings (SSSR count). The van der Waals surface area contributed by atoms with Gasteiger partial charge < -0.3 is 0 Å². The number of fused-ring (bicyclic) bond motifs is 11. The maximum absolute atomic E-state index is 2.55. The van der Waals surface area contributed by atoms with Crippen molar-refractivity contribution in [2.75, 3.05) is 0 Å². The predicted molar refractivity (Wildman–Crippen MR) is 185 cm³/mol. The Kier molecular flexibility index (Phi) is 4.64. The zero-order valence-corrected chi connectivity index (χ0v) is 27.4. The van der Waals surface area contributed by atoms with Gasteiger partial charge in [-0.3, -0.25) is 0 Å². The maximum Gasteiger partial charge on any atom is 0.286 e. The number of rotatable bonds is 0. The maximum atomic E-state index is 2.55. The molecule has 0 N–H and O–H groups in total. The van der Waals surface area contributed by atoms with Gasteiger partial charge in [0, 0.05) is 35.4 Å². The smallest absolute Gasteiger partial charge is 0.0619 e. The molecule has 0 fully saturated rings. The molecule has 3 nitrogen and oxygen atoms in total. The Morgan fingerprint density at radius 3 is 1.30 bits per heavy atom. The van der Waals surface area contributed by atoms with Crippen molar-refractivity contribution in [3.8, 4) is 33.6 Å². The summed E-state index contributed by atoms with van der Waals surface area (Å²) in [5, 5.41) is 0. The molecule has 2 spiro atoms. The van der Waals surface area contributed by atoms with E-state index in [-0.39, 0.29) is 10.8 Å². The minimum atomic E-state index is -0.457. The van der Waals surface area contributed by atoms with Gasteiger partial charge in [-0.1, -0.05) is 114 Å². The van der Waals surface area contributed by atoms with Crippen LogP contribution in [0.5, 0.6) is 0 Å². The lowest BCUT2D eigenvalue weighted by molar-refractivity contribution is -1.02. The van der Waals surface area contributed by atoms with Gasteiger partial charge in [-0.2, -0.15) is 0 Å². The van der Waals surface area contributed by atoms with Crippen LogP contribution < -0.4 is 14.1 Å². The van der Waals surface area contributed by atoms with E-state index in [1.807, 2.05) is 0 Å². The van der Waals surface area contributed by atoms with E-state index in [4.69, 9.17) is 0 Å². The molecule has 3 heteroatoms. The third-order valence-corrected chi connectivity index (χ3v) is 11.2. The van der Waals surface area contributed by atoms with E-state index in [0.29, 0.717) is 4.70 Å². The van der Waals surface area contributed by atoms with Crippen LogP contribution in [0, 0.1) is 0 Å². The fourth-order valence-corrected chi connectivity index (χ4v) is 9.58. The van der Waals surface area contributed by atoms with Crippen LogP contribution in [0.3, 0.4) is 0 Å². The van der Waals surface area contributed by atoms with Crippen molar-refractivity contribution in [1.29, 1.82) is 0 Å². The van der Waals surface area contributed by atoms with Crippen molar-refractivity contribution in [3.63, 3.8) is 0 Å². The van der Waals surface area contributed by atoms with Gasteiger partial charge in [0.15, 0.2) is 4.70 Å². The van der Waals surface area contributed by atoms with Crippen LogP contribution in [0.2, 0.25) is 0 Å². The van der Waals surface area contributed by atoms with E-state index in [1.165, 1.54) is 78.4 Å². The summed E-state index contributed by atoms with van der Waals surface area (Å²) in [5.41, 5.74) is 18.4. The van der Waals surface area contributed by atoms with E-state index in [1.54, 1.807) is 0 Å². The Hall–Kier alpha value is -4.86. The quantitative estimate of drug-likeness (QED) is 0.122. The number of pyridine rings is 2. The highest BCUT2D eigenvalue weighted by Gasteiger charge is 2.76. The number of benzene rings is 4. The lowest BCUT2D eigenvalue weighted by Gasteiger charge is -2.39. The second-order valence-corrected chi connectivity index (χ2v) is 15.6. The first-order valence-corrected chi connectivity index (χ1v) is 16.6. The highest BCUT2D eigenvalue weighted by molar-refractivity contribution is 6.00. The molecule has 0 unspecified atom stereocenters. The zero-order chi connectivity index (χ0) is 31.4. The Morgan fingerprint density at radius 1 is 0.457 bits per heavy atom. The van der Waals surface area contributed by atoms with Gasteiger partial charge in [0.1, 0.15) is 11.1 Å². The van der Waals surface area contributed by atoms with Crippen molar-refractivity contribution in [2.45, 2.75) is 57.8 Å². The predicted octanol–water partition coefficient (Wildman–Crippen LogP) is 9.06. The Labute approximate surface area is 271 Å². The Morgan fingerprint density at radius 2 is 0.870 bits per heavy atom. The molecule has 0 atom stereocenters. The third-order valence-electron chi connectivity index (χ3n) is 11.2. The fourth-order valence-electron chi connectivity index (χ4n) is 9.58. The average molecular weight is 597 g/mol. The average Bonchev–Trinajstić information content (AvgIpc) is 3.64. The number of hydrogen-bond donors (Lipinski definition) is 0. The summed E-state index contributed by atoms with van der Waals surface area (Å²) in [6, 6.07) is 41.7. The van der Waals surface area contributed by atoms with Crippen LogP contribution >= 0.6 is 0 Å². The van der Waals surface area contributed by atoms with Crippen molar-refractivity contribution >= 4 is 11.4 Å². The van der Waals surface area contributed by atoms with Crippen molar-refractivity contribution in [1.82, 2.24) is 4.70 Å². The fraction of sp³-hybridized carbons (Fsp3) is 0.209. The molecule has 4 aliphatic rings. The highest BCUT2D eigenvalue weighted by atomic mass is 15.9. The van der Waals surface area contributed by atoms with Crippen LogP contribution in [0.15, 0.2) is 122 Å². The first-order valence-electron chi connectivity index (χ1n) is 16.6. The first-order chi connectivity index (χ1) is 22.1. The SMILES string of the molecule is CC(C)(C)c1ccc2c3c1-c1cccc[n+]1[N+]31c3c(ccc(C(C)(C)C)c3-c3cccc[n+]31)C21c2ccccc2-c2ccccc21. The van der Waals surface area contributed by atoms with Crippen LogP contribution in [0.4, 0.5) is 11.4 Å². The van der Waals surface area contributed by atoms with Gasteiger partial charge in [0.25, 0.3) is 22.8 Å². The van der Waals surface area contributed by atoms with Crippen molar-refractivity contribution in [2.24, 2.45) is 0 Å². The largest absolute Gasteiger partial charge is 0.286 e. The van der Waals surface area contributed by atoms with E-state index in [2.05, 4.69) is 172 Å². The molecule has 6 aromatic rings. The second-order valence-electron chi connectivity index (χ2n) is 15.6. The molecule has 222 valence electrons. The lowest BCUT2D eigenvalue weighted by Crippen LogP contribution is -2.82. The van der Waals surface area contributed by atoms with E-state index >= 15 is 0 Å². The normalized spacial score (nSPS) is 16.4. The summed E-state index contributed by atoms with van der Waals surface area (Å²) < 4.78 is 5.60. The molecule has 5 heterocycles. The molecule has 3 aliphatic heterocycles. The van der Waals surface area contributed by atoms with Crippen LogP contribution in [0.1, 0.15) is 74.9 Å². The van der Waals surface area contributed by atoms with Gasteiger partial charge >= 0.3 is 0 Å². The molecule has 0 amide bonds. The van der Waals surface area contributed by atoms with Crippen LogP contribution in [-0.4, -0.2) is 0 Å². The summed E-state index contributed by atoms with van der Waals surface area (Å²) in [6.45, 7) is 14.2. The highest BCUT2D eigenvalue weighted by Crippen LogP contribution is 2.69. The zero-order valence-electron chi connectivity index (χ0n) is 27.4. The van der Waals surface area contributed by atoms with Gasteiger partial charge in [-0.15, -0.1) is 0 Å². The van der Waals surface area contributed by atoms with E-state index < -0.39 is 5.41 Å². The van der Waals surface area contributed by atoms with Crippen molar-refractivity contribution < 1.29 is 9.35 Å². The molecular formula is C43H38N3+3. The first kappa shape index (κ1) is 26.4. The summed E-state index contributed by atoms with van der Waals surface area (Å²) in [5.74, 6) is 0. The van der Waals surface area contributed by atoms with E-state index in [0.717, 1.165) is 0 Å². The molecule has 0 radical (unpaired) electrons. The molecular weight excluding hydrogens is 558 g/mol. The summed E-state index contributed by atoms with van der Waals surface area (Å²) >= 11 is 0. The Bertz CT molecular complexity index is 2180. The number of nitrogens with zero attached hydrogens (tertiary/aromatic N) is 3. The summed E-state index contributed by atoms with van der Waals surface area (Å²) in [7, 11) is 0. The minimum absolute atomic E-state index is 0.0503. The molecule has 0 saturated carbocycles.